The summed E-state index contributed by atoms with van der Waals surface area (Å²) in [5, 5.41) is 6.11. The third-order valence-electron chi connectivity index (χ3n) is 2.58. The predicted octanol–water partition coefficient (Wildman–Crippen LogP) is -0.0716. The van der Waals surface area contributed by atoms with Gasteiger partial charge < -0.3 is 15.4 Å². The lowest BCUT2D eigenvalue weighted by Gasteiger charge is -2.34. The number of carbonyl (C=O) groups is 1. The summed E-state index contributed by atoms with van der Waals surface area (Å²) >= 11 is 4.90. The highest BCUT2D eigenvalue weighted by Gasteiger charge is 2.47. The van der Waals surface area contributed by atoms with Crippen LogP contribution in [0.3, 0.4) is 0 Å². The van der Waals surface area contributed by atoms with Crippen LogP contribution in [0.2, 0.25) is 0 Å². The van der Waals surface area contributed by atoms with E-state index in [2.05, 4.69) is 10.6 Å². The molecule has 1 spiro atoms. The lowest BCUT2D eigenvalue weighted by molar-refractivity contribution is -0.129. The number of amides is 1. The Morgan fingerprint density at radius 3 is 3.00 bits per heavy atom. The van der Waals surface area contributed by atoms with Gasteiger partial charge in [0.2, 0.25) is 0 Å². The van der Waals surface area contributed by atoms with E-state index in [0.29, 0.717) is 24.6 Å². The molecule has 0 aromatic rings. The molecular weight excluding hydrogens is 188 g/mol. The number of rotatable bonds is 0. The van der Waals surface area contributed by atoms with E-state index in [1.54, 1.807) is 0 Å². The maximum atomic E-state index is 11.6. The molecule has 13 heavy (non-hydrogen) atoms. The van der Waals surface area contributed by atoms with Crippen LogP contribution < -0.4 is 10.6 Å². The average molecular weight is 200 g/mol. The molecule has 2 heterocycles. The van der Waals surface area contributed by atoms with Gasteiger partial charge in [0.1, 0.15) is 5.54 Å². The molecular formula is C8H12N2O2S. The van der Waals surface area contributed by atoms with Crippen LogP contribution in [0.15, 0.2) is 0 Å². The summed E-state index contributed by atoms with van der Waals surface area (Å²) in [5.41, 5.74) is -0.491. The van der Waals surface area contributed by atoms with E-state index in [1.807, 2.05) is 6.92 Å². The second kappa shape index (κ2) is 2.92. The van der Waals surface area contributed by atoms with Crippen LogP contribution in [0.1, 0.15) is 19.8 Å². The monoisotopic (exact) mass is 200 g/mol. The van der Waals surface area contributed by atoms with Gasteiger partial charge in [0, 0.05) is 19.4 Å². The van der Waals surface area contributed by atoms with Gasteiger partial charge in [-0.25, -0.2) is 0 Å². The van der Waals surface area contributed by atoms with Gasteiger partial charge in [-0.3, -0.25) is 4.79 Å². The molecule has 2 N–H and O–H groups in total. The van der Waals surface area contributed by atoms with Crippen molar-refractivity contribution in [2.75, 3.05) is 6.61 Å². The van der Waals surface area contributed by atoms with Gasteiger partial charge in [-0.15, -0.1) is 0 Å². The zero-order chi connectivity index (χ0) is 9.47. The molecule has 4 nitrogen and oxygen atoms in total. The molecule has 2 aliphatic heterocycles. The largest absolute Gasteiger partial charge is 0.378 e. The SMILES string of the molecule is CC1CC2(CCO1)NC(=S)NC2=O. The standard InChI is InChI=1S/C8H12N2O2S/c1-5-4-8(2-3-12-5)6(11)9-7(13)10-8/h5H,2-4H2,1H3,(H2,9,10,11,13). The molecule has 0 bridgehead atoms. The normalized spacial score (nSPS) is 39.0. The number of thiocarbonyl (C=S) groups is 1. The first kappa shape index (κ1) is 8.90. The van der Waals surface area contributed by atoms with Crippen molar-refractivity contribution in [2.45, 2.75) is 31.4 Å². The summed E-state index contributed by atoms with van der Waals surface area (Å²) in [7, 11) is 0. The van der Waals surface area contributed by atoms with Crippen molar-refractivity contribution in [1.29, 1.82) is 0 Å². The molecule has 1 amide bonds. The van der Waals surface area contributed by atoms with Gasteiger partial charge in [0.25, 0.3) is 5.91 Å². The minimum atomic E-state index is -0.491. The van der Waals surface area contributed by atoms with E-state index in [9.17, 15) is 4.79 Å². The van der Waals surface area contributed by atoms with Crippen LogP contribution in [0, 0.1) is 0 Å². The zero-order valence-corrected chi connectivity index (χ0v) is 8.24. The molecule has 2 fully saturated rings. The molecule has 0 radical (unpaired) electrons. The smallest absolute Gasteiger partial charge is 0.252 e. The van der Waals surface area contributed by atoms with Crippen LogP contribution >= 0.6 is 12.2 Å². The van der Waals surface area contributed by atoms with Crippen LogP contribution in [-0.4, -0.2) is 29.3 Å². The first-order chi connectivity index (χ1) is 6.12. The molecule has 5 heteroatoms. The number of carbonyl (C=O) groups excluding carboxylic acids is 1. The Kier molecular flexibility index (Phi) is 2.00. The topological polar surface area (TPSA) is 50.4 Å². The Morgan fingerprint density at radius 1 is 1.69 bits per heavy atom. The average Bonchev–Trinajstić information content (AvgIpc) is 2.26. The minimum Gasteiger partial charge on any atom is -0.378 e. The van der Waals surface area contributed by atoms with Gasteiger partial charge in [0.15, 0.2) is 5.11 Å². The summed E-state index contributed by atoms with van der Waals surface area (Å²) in [6.45, 7) is 2.58. The summed E-state index contributed by atoms with van der Waals surface area (Å²) in [6.07, 6.45) is 1.51. The van der Waals surface area contributed by atoms with Crippen molar-refractivity contribution in [3.8, 4) is 0 Å². The van der Waals surface area contributed by atoms with E-state index in [4.69, 9.17) is 17.0 Å². The summed E-state index contributed by atoms with van der Waals surface area (Å²) < 4.78 is 5.38. The number of nitrogens with one attached hydrogen (secondary N) is 2. The summed E-state index contributed by atoms with van der Waals surface area (Å²) in [5.74, 6) is -0.00681. The molecule has 2 atom stereocenters. The molecule has 0 aromatic carbocycles. The first-order valence-corrected chi connectivity index (χ1v) is 4.78. The summed E-state index contributed by atoms with van der Waals surface area (Å²) in [4.78, 5) is 11.6. The van der Waals surface area contributed by atoms with E-state index in [1.165, 1.54) is 0 Å². The van der Waals surface area contributed by atoms with E-state index >= 15 is 0 Å². The van der Waals surface area contributed by atoms with Gasteiger partial charge >= 0.3 is 0 Å². The van der Waals surface area contributed by atoms with Gasteiger partial charge in [-0.2, -0.15) is 0 Å². The van der Waals surface area contributed by atoms with Crippen LogP contribution in [-0.2, 0) is 9.53 Å². The van der Waals surface area contributed by atoms with Crippen LogP contribution in [0.25, 0.3) is 0 Å². The highest BCUT2D eigenvalue weighted by atomic mass is 32.1. The fraction of sp³-hybridized carbons (Fsp3) is 0.750. The van der Waals surface area contributed by atoms with Crippen molar-refractivity contribution in [3.63, 3.8) is 0 Å². The molecule has 2 saturated heterocycles. The highest BCUT2D eigenvalue weighted by molar-refractivity contribution is 7.80. The second-order valence-electron chi connectivity index (χ2n) is 3.63. The van der Waals surface area contributed by atoms with Gasteiger partial charge in [0.05, 0.1) is 6.10 Å². The van der Waals surface area contributed by atoms with Crippen molar-refractivity contribution >= 4 is 23.2 Å². The fourth-order valence-electron chi connectivity index (χ4n) is 1.93. The molecule has 0 aromatic heterocycles. The van der Waals surface area contributed by atoms with Gasteiger partial charge in [-0.1, -0.05) is 0 Å². The van der Waals surface area contributed by atoms with Crippen molar-refractivity contribution in [3.05, 3.63) is 0 Å². The number of hydrogen-bond acceptors (Lipinski definition) is 3. The third-order valence-corrected chi connectivity index (χ3v) is 2.79. The molecule has 72 valence electrons. The Balaban J connectivity index is 2.19. The second-order valence-corrected chi connectivity index (χ2v) is 4.03. The lowest BCUT2D eigenvalue weighted by Crippen LogP contribution is -2.52. The Labute approximate surface area is 82.0 Å². The van der Waals surface area contributed by atoms with E-state index in [0.717, 1.165) is 0 Å². The number of ether oxygens (including phenoxy) is 1. The maximum Gasteiger partial charge on any atom is 0.252 e. The van der Waals surface area contributed by atoms with Crippen molar-refractivity contribution in [1.82, 2.24) is 10.6 Å². The maximum absolute atomic E-state index is 11.6. The third kappa shape index (κ3) is 1.42. The highest BCUT2D eigenvalue weighted by Crippen LogP contribution is 2.27. The van der Waals surface area contributed by atoms with Crippen LogP contribution in [0.4, 0.5) is 0 Å². The Hall–Kier alpha value is -0.680. The molecule has 0 aliphatic carbocycles. The van der Waals surface area contributed by atoms with Gasteiger partial charge in [-0.05, 0) is 19.1 Å². The summed E-state index contributed by atoms with van der Waals surface area (Å²) in [6, 6.07) is 0. The van der Waals surface area contributed by atoms with E-state index < -0.39 is 5.54 Å². The Bertz CT molecular complexity index is 269. The lowest BCUT2D eigenvalue weighted by atomic mass is 9.87. The quantitative estimate of drug-likeness (QED) is 0.537. The first-order valence-electron chi connectivity index (χ1n) is 4.38. The fourth-order valence-corrected chi connectivity index (χ4v) is 2.22. The Morgan fingerprint density at radius 2 is 2.46 bits per heavy atom. The molecule has 2 rings (SSSR count). The molecule has 2 aliphatic rings. The zero-order valence-electron chi connectivity index (χ0n) is 7.42. The predicted molar refractivity (Wildman–Crippen MR) is 51.3 cm³/mol. The molecule has 2 unspecified atom stereocenters. The number of hydrogen-bond donors (Lipinski definition) is 2. The van der Waals surface area contributed by atoms with E-state index in [-0.39, 0.29) is 12.0 Å². The minimum absolute atomic E-state index is 0.00681. The van der Waals surface area contributed by atoms with Crippen molar-refractivity contribution < 1.29 is 9.53 Å². The van der Waals surface area contributed by atoms with Crippen LogP contribution in [0.5, 0.6) is 0 Å². The van der Waals surface area contributed by atoms with Crippen molar-refractivity contribution in [2.24, 2.45) is 0 Å². The molecule has 0 saturated carbocycles.